The average molecular weight is 1100 g/mol. The lowest BCUT2D eigenvalue weighted by Gasteiger charge is -2.36. The van der Waals surface area contributed by atoms with E-state index >= 15 is 0 Å². The highest BCUT2D eigenvalue weighted by atomic mass is 16.3. The van der Waals surface area contributed by atoms with E-state index in [4.69, 9.17) is 8.83 Å². The number of fused-ring (bicyclic) bond motifs is 15. The van der Waals surface area contributed by atoms with E-state index in [1.807, 2.05) is 0 Å². The molecule has 0 fully saturated rings. The smallest absolute Gasteiger partial charge is 0.160 e. The Kier molecular flexibility index (Phi) is 12.3. The molecule has 2 aromatic heterocycles. The van der Waals surface area contributed by atoms with Crippen LogP contribution in [0.25, 0.3) is 87.3 Å². The molecule has 0 aliphatic heterocycles. The summed E-state index contributed by atoms with van der Waals surface area (Å²) in [5.74, 6) is 0. The maximum Gasteiger partial charge on any atom is 0.160 e. The van der Waals surface area contributed by atoms with E-state index in [0.717, 1.165) is 133 Å². The minimum absolute atomic E-state index is 0.800. The number of benzene rings is 13. The summed E-state index contributed by atoms with van der Waals surface area (Å²) in [4.78, 5) is 4.93. The molecule has 0 saturated heterocycles. The van der Waals surface area contributed by atoms with Gasteiger partial charge in [0.1, 0.15) is 11.2 Å². The molecule has 0 bridgehead atoms. The van der Waals surface area contributed by atoms with Crippen molar-refractivity contribution >= 4 is 110 Å². The number of hydrogen-bond acceptors (Lipinski definition) is 4. The van der Waals surface area contributed by atoms with Gasteiger partial charge in [0.15, 0.2) is 11.2 Å². The molecule has 0 spiro atoms. The van der Waals surface area contributed by atoms with E-state index in [1.54, 1.807) is 0 Å². The summed E-state index contributed by atoms with van der Waals surface area (Å²) >= 11 is 0. The van der Waals surface area contributed by atoms with Crippen LogP contribution in [0.1, 0.15) is 72.9 Å². The lowest BCUT2D eigenvalue weighted by Crippen LogP contribution is -2.29. The Morgan fingerprint density at radius 1 is 0.329 bits per heavy atom. The molecule has 0 amide bonds. The highest BCUT2D eigenvalue weighted by Crippen LogP contribution is 2.61. The van der Waals surface area contributed by atoms with Crippen molar-refractivity contribution in [3.8, 4) is 11.1 Å². The molecule has 0 atom stereocenters. The summed E-state index contributed by atoms with van der Waals surface area (Å²) in [6.45, 7) is 4.52. The SMILES string of the molecule is CCCCc1cccc2c1oc1c(N(c3ccccc3)c3ccc4c(c3)C(c3ccccc3)(c3ccccc3)c3cc(N(c5ccccc5)c5cc6ccccc6c6c5oc5c(CCCC)cccc56)c5ccccc5c3-4)cc3ccccc3c12. The third-order valence-corrected chi connectivity index (χ3v) is 18.2. The summed E-state index contributed by atoms with van der Waals surface area (Å²) in [5, 5.41) is 11.6. The van der Waals surface area contributed by atoms with Crippen LogP contribution in [-0.2, 0) is 18.3 Å². The van der Waals surface area contributed by atoms with Crippen LogP contribution in [-0.4, -0.2) is 0 Å². The van der Waals surface area contributed by atoms with E-state index in [2.05, 4.69) is 291 Å². The number of para-hydroxylation sites is 4. The van der Waals surface area contributed by atoms with E-state index in [-0.39, 0.29) is 0 Å². The Morgan fingerprint density at radius 2 is 0.776 bits per heavy atom. The second-order valence-electron chi connectivity index (χ2n) is 23.1. The Hall–Kier alpha value is -10.2. The number of rotatable bonds is 14. The molecule has 0 unspecified atom stereocenters. The summed E-state index contributed by atoms with van der Waals surface area (Å²) in [6.07, 6.45) is 6.32. The Labute approximate surface area is 495 Å². The van der Waals surface area contributed by atoms with Gasteiger partial charge in [0.25, 0.3) is 0 Å². The molecule has 1 aliphatic carbocycles. The summed E-state index contributed by atoms with van der Waals surface area (Å²) in [5.41, 5.74) is 18.8. The van der Waals surface area contributed by atoms with Gasteiger partial charge in [-0.2, -0.15) is 0 Å². The Bertz CT molecular complexity index is 5000. The van der Waals surface area contributed by atoms with Gasteiger partial charge in [-0.1, -0.05) is 239 Å². The summed E-state index contributed by atoms with van der Waals surface area (Å²) in [6, 6.07) is 98.9. The molecule has 16 rings (SSSR count). The van der Waals surface area contributed by atoms with Crippen LogP contribution in [0.2, 0.25) is 0 Å². The van der Waals surface area contributed by atoms with E-state index in [0.29, 0.717) is 0 Å². The summed E-state index contributed by atoms with van der Waals surface area (Å²) in [7, 11) is 0. The first kappa shape index (κ1) is 50.6. The third kappa shape index (κ3) is 7.89. The largest absolute Gasteiger partial charge is 0.454 e. The Balaban J connectivity index is 1.00. The monoisotopic (exact) mass is 1090 g/mol. The van der Waals surface area contributed by atoms with Crippen molar-refractivity contribution in [1.29, 1.82) is 0 Å². The molecule has 85 heavy (non-hydrogen) atoms. The van der Waals surface area contributed by atoms with Crippen LogP contribution in [0.5, 0.6) is 0 Å². The van der Waals surface area contributed by atoms with Gasteiger partial charge in [0.2, 0.25) is 0 Å². The molecule has 15 aromatic rings. The van der Waals surface area contributed by atoms with Crippen molar-refractivity contribution < 1.29 is 8.83 Å². The first-order valence-electron chi connectivity index (χ1n) is 30.4. The maximum absolute atomic E-state index is 7.42. The van der Waals surface area contributed by atoms with Gasteiger partial charge in [0, 0.05) is 44.0 Å². The van der Waals surface area contributed by atoms with Gasteiger partial charge >= 0.3 is 0 Å². The van der Waals surface area contributed by atoms with Crippen molar-refractivity contribution in [1.82, 2.24) is 0 Å². The Morgan fingerprint density at radius 3 is 1.31 bits per heavy atom. The molecular weight excluding hydrogens is 1030 g/mol. The highest BCUT2D eigenvalue weighted by Gasteiger charge is 2.48. The van der Waals surface area contributed by atoms with Crippen LogP contribution in [0.15, 0.2) is 276 Å². The predicted octanol–water partition coefficient (Wildman–Crippen LogP) is 22.9. The lowest BCUT2D eigenvalue weighted by molar-refractivity contribution is 0.658. The van der Waals surface area contributed by atoms with Crippen LogP contribution in [0.4, 0.5) is 34.1 Å². The van der Waals surface area contributed by atoms with E-state index in [9.17, 15) is 0 Å². The van der Waals surface area contributed by atoms with Gasteiger partial charge in [-0.15, -0.1) is 0 Å². The van der Waals surface area contributed by atoms with Crippen LogP contribution >= 0.6 is 0 Å². The van der Waals surface area contributed by atoms with Crippen LogP contribution in [0.3, 0.4) is 0 Å². The zero-order valence-corrected chi connectivity index (χ0v) is 47.9. The zero-order chi connectivity index (χ0) is 56.6. The zero-order valence-electron chi connectivity index (χ0n) is 47.9. The van der Waals surface area contributed by atoms with Crippen LogP contribution in [0, 0.1) is 0 Å². The van der Waals surface area contributed by atoms with Gasteiger partial charge in [-0.25, -0.2) is 0 Å². The van der Waals surface area contributed by atoms with Gasteiger partial charge in [-0.05, 0) is 152 Å². The van der Waals surface area contributed by atoms with Crippen molar-refractivity contribution in [2.24, 2.45) is 0 Å². The van der Waals surface area contributed by atoms with Crippen molar-refractivity contribution in [3.63, 3.8) is 0 Å². The molecule has 13 aromatic carbocycles. The first-order valence-corrected chi connectivity index (χ1v) is 30.4. The standard InChI is InChI=1S/C81H62N2O2/c1-3-5-27-53-31-25-45-67-75-62-41-21-19-29-55(62)49-72(79(75)84-77(53)67)82(59-37-15-9-16-38-59)61-47-48-66-69(51-61)81(57-33-11-7-12-34-57,58-35-13-8-14-36-58)70-52-71(64-43-23-24-44-65(64)74(66)70)83(60-39-17-10-18-40-60)73-50-56-30-20-22-42-63(56)76-68-46-26-32-54(28-6-4-2)78(68)85-80(73)76/h7-26,29-52H,3-6,27-28H2,1-2H3. The van der Waals surface area contributed by atoms with E-state index < -0.39 is 5.41 Å². The second kappa shape index (κ2) is 20.6. The molecule has 4 heteroatoms. The van der Waals surface area contributed by atoms with Crippen molar-refractivity contribution in [3.05, 3.63) is 300 Å². The van der Waals surface area contributed by atoms with Crippen molar-refractivity contribution in [2.45, 2.75) is 57.8 Å². The second-order valence-corrected chi connectivity index (χ2v) is 23.1. The highest BCUT2D eigenvalue weighted by molar-refractivity contribution is 6.25. The molecule has 0 N–H and O–H groups in total. The molecular formula is C81H62N2O2. The number of nitrogens with zero attached hydrogens (tertiary/aromatic N) is 2. The number of aryl methyl sites for hydroxylation is 2. The fourth-order valence-corrected chi connectivity index (χ4v) is 14.5. The summed E-state index contributed by atoms with van der Waals surface area (Å²) < 4.78 is 14.8. The van der Waals surface area contributed by atoms with E-state index in [1.165, 1.54) is 60.7 Å². The number of furan rings is 2. The minimum Gasteiger partial charge on any atom is -0.454 e. The number of hydrogen-bond donors (Lipinski definition) is 0. The molecule has 408 valence electrons. The third-order valence-electron chi connectivity index (χ3n) is 18.2. The number of anilines is 6. The fourth-order valence-electron chi connectivity index (χ4n) is 14.5. The lowest BCUT2D eigenvalue weighted by atomic mass is 9.67. The van der Waals surface area contributed by atoms with Gasteiger partial charge < -0.3 is 18.6 Å². The fraction of sp³-hybridized carbons (Fsp3) is 0.111. The first-order chi connectivity index (χ1) is 42.1. The molecule has 1 aliphatic rings. The maximum atomic E-state index is 7.42. The van der Waals surface area contributed by atoms with Crippen LogP contribution < -0.4 is 9.80 Å². The molecule has 2 heterocycles. The molecule has 0 saturated carbocycles. The normalized spacial score (nSPS) is 12.7. The van der Waals surface area contributed by atoms with Gasteiger partial charge in [-0.3, -0.25) is 0 Å². The quantitative estimate of drug-likeness (QED) is 0.109. The minimum atomic E-state index is -0.800. The average Bonchev–Trinajstić information content (AvgIpc) is 1.59. The van der Waals surface area contributed by atoms with Crippen molar-refractivity contribution in [2.75, 3.05) is 9.80 Å². The molecule has 4 nitrogen and oxygen atoms in total. The molecule has 0 radical (unpaired) electrons. The number of unbranched alkanes of at least 4 members (excludes halogenated alkanes) is 2. The topological polar surface area (TPSA) is 32.8 Å². The predicted molar refractivity (Wildman–Crippen MR) is 357 cm³/mol. The van der Waals surface area contributed by atoms with Gasteiger partial charge in [0.05, 0.1) is 22.5 Å².